The van der Waals surface area contributed by atoms with Crippen molar-refractivity contribution in [3.8, 4) is 0 Å². The van der Waals surface area contributed by atoms with Gasteiger partial charge < -0.3 is 16.0 Å². The van der Waals surface area contributed by atoms with Crippen molar-refractivity contribution in [1.29, 1.82) is 0 Å². The molecule has 0 aliphatic carbocycles. The standard InChI is InChI=1S/C21H25N3O2/c1-15(22)19-9-5-6-14-24(19)21(26)17-10-12-18(13-11-17)23-20(25)16-7-3-2-4-8-16/h2-4,7-8,10-13,15,19H,5-6,9,14,22H2,1H3,(H,23,25). The minimum atomic E-state index is -0.169. The van der Waals surface area contributed by atoms with E-state index in [0.29, 0.717) is 16.8 Å². The number of likely N-dealkylation sites (tertiary alicyclic amines) is 1. The average Bonchev–Trinajstić information content (AvgIpc) is 2.68. The number of carbonyl (C=O) groups is 2. The largest absolute Gasteiger partial charge is 0.334 e. The fraction of sp³-hybridized carbons (Fsp3) is 0.333. The summed E-state index contributed by atoms with van der Waals surface area (Å²) in [4.78, 5) is 26.9. The smallest absolute Gasteiger partial charge is 0.255 e. The number of piperidine rings is 1. The van der Waals surface area contributed by atoms with Crippen molar-refractivity contribution in [2.75, 3.05) is 11.9 Å². The molecule has 5 nitrogen and oxygen atoms in total. The van der Waals surface area contributed by atoms with E-state index in [2.05, 4.69) is 5.32 Å². The lowest BCUT2D eigenvalue weighted by molar-refractivity contribution is 0.0584. The molecule has 26 heavy (non-hydrogen) atoms. The van der Waals surface area contributed by atoms with Gasteiger partial charge in [0.15, 0.2) is 0 Å². The molecular weight excluding hydrogens is 326 g/mol. The van der Waals surface area contributed by atoms with E-state index in [9.17, 15) is 9.59 Å². The second-order valence-electron chi connectivity index (χ2n) is 6.82. The van der Waals surface area contributed by atoms with Gasteiger partial charge in [-0.15, -0.1) is 0 Å². The first kappa shape index (κ1) is 18.1. The Labute approximate surface area is 154 Å². The van der Waals surface area contributed by atoms with Gasteiger partial charge in [0, 0.05) is 35.4 Å². The molecule has 1 aliphatic heterocycles. The molecular formula is C21H25N3O2. The minimum absolute atomic E-state index is 0.00735. The highest BCUT2D eigenvalue weighted by atomic mass is 16.2. The van der Waals surface area contributed by atoms with Crippen LogP contribution in [-0.2, 0) is 0 Å². The number of nitrogens with two attached hydrogens (primary N) is 1. The Morgan fingerprint density at radius 3 is 2.38 bits per heavy atom. The number of rotatable bonds is 4. The summed E-state index contributed by atoms with van der Waals surface area (Å²) in [5.41, 5.74) is 7.95. The van der Waals surface area contributed by atoms with E-state index in [1.807, 2.05) is 30.0 Å². The van der Waals surface area contributed by atoms with E-state index in [0.717, 1.165) is 25.8 Å². The average molecular weight is 351 g/mol. The van der Waals surface area contributed by atoms with Crippen molar-refractivity contribution in [2.24, 2.45) is 5.73 Å². The topological polar surface area (TPSA) is 75.4 Å². The Hall–Kier alpha value is -2.66. The Balaban J connectivity index is 1.69. The molecule has 2 amide bonds. The number of amides is 2. The van der Waals surface area contributed by atoms with E-state index in [1.165, 1.54) is 0 Å². The van der Waals surface area contributed by atoms with Crippen LogP contribution < -0.4 is 11.1 Å². The van der Waals surface area contributed by atoms with Gasteiger partial charge >= 0.3 is 0 Å². The van der Waals surface area contributed by atoms with Crippen molar-refractivity contribution in [3.05, 3.63) is 65.7 Å². The van der Waals surface area contributed by atoms with Crippen LogP contribution in [-0.4, -0.2) is 35.3 Å². The van der Waals surface area contributed by atoms with E-state index >= 15 is 0 Å². The summed E-state index contributed by atoms with van der Waals surface area (Å²) in [5, 5.41) is 2.85. The number of nitrogens with zero attached hydrogens (tertiary/aromatic N) is 1. The van der Waals surface area contributed by atoms with Crippen molar-refractivity contribution in [2.45, 2.75) is 38.3 Å². The van der Waals surface area contributed by atoms with Crippen molar-refractivity contribution in [3.63, 3.8) is 0 Å². The molecule has 3 N–H and O–H groups in total. The number of hydrogen-bond donors (Lipinski definition) is 2. The molecule has 0 saturated carbocycles. The summed E-state index contributed by atoms with van der Waals surface area (Å²) < 4.78 is 0. The Morgan fingerprint density at radius 2 is 1.73 bits per heavy atom. The van der Waals surface area contributed by atoms with Gasteiger partial charge in [-0.3, -0.25) is 9.59 Å². The number of benzene rings is 2. The van der Waals surface area contributed by atoms with E-state index < -0.39 is 0 Å². The molecule has 0 bridgehead atoms. The first-order valence-electron chi connectivity index (χ1n) is 9.09. The third-order valence-corrected chi connectivity index (χ3v) is 4.84. The van der Waals surface area contributed by atoms with E-state index in [-0.39, 0.29) is 23.9 Å². The number of anilines is 1. The zero-order valence-electron chi connectivity index (χ0n) is 15.0. The third-order valence-electron chi connectivity index (χ3n) is 4.84. The van der Waals surface area contributed by atoms with Gasteiger partial charge in [0.1, 0.15) is 0 Å². The number of nitrogens with one attached hydrogen (secondary N) is 1. The normalized spacial score (nSPS) is 18.2. The van der Waals surface area contributed by atoms with Gasteiger partial charge in [0.25, 0.3) is 11.8 Å². The number of hydrogen-bond acceptors (Lipinski definition) is 3. The second kappa shape index (κ2) is 8.15. The summed E-state index contributed by atoms with van der Waals surface area (Å²) in [6.07, 6.45) is 3.08. The molecule has 136 valence electrons. The Morgan fingerprint density at radius 1 is 1.04 bits per heavy atom. The van der Waals surface area contributed by atoms with Crippen LogP contribution in [0.3, 0.4) is 0 Å². The molecule has 2 aromatic rings. The molecule has 5 heteroatoms. The minimum Gasteiger partial charge on any atom is -0.334 e. The fourth-order valence-corrected chi connectivity index (χ4v) is 3.41. The van der Waals surface area contributed by atoms with Gasteiger partial charge in [-0.05, 0) is 62.6 Å². The highest BCUT2D eigenvalue weighted by Crippen LogP contribution is 2.22. The number of carbonyl (C=O) groups excluding carboxylic acids is 2. The molecule has 0 spiro atoms. The summed E-state index contributed by atoms with van der Waals surface area (Å²) >= 11 is 0. The Bertz CT molecular complexity index is 757. The van der Waals surface area contributed by atoms with Crippen molar-refractivity contribution in [1.82, 2.24) is 4.90 Å². The molecule has 0 radical (unpaired) electrons. The first-order valence-corrected chi connectivity index (χ1v) is 9.09. The predicted octanol–water partition coefficient (Wildman–Crippen LogP) is 3.28. The molecule has 2 unspecified atom stereocenters. The first-order chi connectivity index (χ1) is 12.6. The van der Waals surface area contributed by atoms with Gasteiger partial charge in [0.2, 0.25) is 0 Å². The van der Waals surface area contributed by atoms with Crippen LogP contribution in [0.4, 0.5) is 5.69 Å². The maximum atomic E-state index is 12.9. The maximum absolute atomic E-state index is 12.9. The third kappa shape index (κ3) is 4.11. The second-order valence-corrected chi connectivity index (χ2v) is 6.82. The van der Waals surface area contributed by atoms with Crippen molar-refractivity contribution >= 4 is 17.5 Å². The van der Waals surface area contributed by atoms with Crippen LogP contribution in [0.15, 0.2) is 54.6 Å². The highest BCUT2D eigenvalue weighted by molar-refractivity contribution is 6.04. The summed E-state index contributed by atoms with van der Waals surface area (Å²) in [6.45, 7) is 2.70. The lowest BCUT2D eigenvalue weighted by Gasteiger charge is -2.38. The van der Waals surface area contributed by atoms with Crippen LogP contribution in [0.5, 0.6) is 0 Å². The molecule has 3 rings (SSSR count). The van der Waals surface area contributed by atoms with Gasteiger partial charge in [0.05, 0.1) is 0 Å². The predicted molar refractivity (Wildman–Crippen MR) is 103 cm³/mol. The van der Waals surface area contributed by atoms with Crippen LogP contribution >= 0.6 is 0 Å². The highest BCUT2D eigenvalue weighted by Gasteiger charge is 2.29. The lowest BCUT2D eigenvalue weighted by atomic mass is 9.96. The van der Waals surface area contributed by atoms with Gasteiger partial charge in [-0.1, -0.05) is 18.2 Å². The summed E-state index contributed by atoms with van der Waals surface area (Å²) in [7, 11) is 0. The summed E-state index contributed by atoms with van der Waals surface area (Å²) in [6, 6.07) is 16.1. The summed E-state index contributed by atoms with van der Waals surface area (Å²) in [5.74, 6) is -0.161. The zero-order chi connectivity index (χ0) is 18.5. The maximum Gasteiger partial charge on any atom is 0.255 e. The van der Waals surface area contributed by atoms with Crippen molar-refractivity contribution < 1.29 is 9.59 Å². The van der Waals surface area contributed by atoms with E-state index in [1.54, 1.807) is 36.4 Å². The molecule has 2 atom stereocenters. The van der Waals surface area contributed by atoms with Gasteiger partial charge in [-0.25, -0.2) is 0 Å². The van der Waals surface area contributed by atoms with Crippen LogP contribution in [0, 0.1) is 0 Å². The SMILES string of the molecule is CC(N)C1CCCCN1C(=O)c1ccc(NC(=O)c2ccccc2)cc1. The fourth-order valence-electron chi connectivity index (χ4n) is 3.41. The van der Waals surface area contributed by atoms with E-state index in [4.69, 9.17) is 5.73 Å². The molecule has 1 aliphatic rings. The van der Waals surface area contributed by atoms with Crippen LogP contribution in [0.1, 0.15) is 46.9 Å². The molecule has 1 saturated heterocycles. The van der Waals surface area contributed by atoms with Gasteiger partial charge in [-0.2, -0.15) is 0 Å². The zero-order valence-corrected chi connectivity index (χ0v) is 15.0. The monoisotopic (exact) mass is 351 g/mol. The quantitative estimate of drug-likeness (QED) is 0.887. The molecule has 2 aromatic carbocycles. The molecule has 0 aromatic heterocycles. The molecule has 1 heterocycles. The van der Waals surface area contributed by atoms with Crippen LogP contribution in [0.25, 0.3) is 0 Å². The van der Waals surface area contributed by atoms with Crippen LogP contribution in [0.2, 0.25) is 0 Å². The Kier molecular flexibility index (Phi) is 5.68. The lowest BCUT2D eigenvalue weighted by Crippen LogP contribution is -2.51. The molecule has 1 fully saturated rings.